The van der Waals surface area contributed by atoms with Gasteiger partial charge in [0.1, 0.15) is 0 Å². The van der Waals surface area contributed by atoms with Crippen LogP contribution in [0.3, 0.4) is 0 Å². The van der Waals surface area contributed by atoms with Gasteiger partial charge in [0.25, 0.3) is 11.8 Å². The quantitative estimate of drug-likeness (QED) is 0.599. The lowest BCUT2D eigenvalue weighted by molar-refractivity contribution is -0.137. The van der Waals surface area contributed by atoms with Crippen LogP contribution in [0.2, 0.25) is 0 Å². The van der Waals surface area contributed by atoms with Crippen molar-refractivity contribution in [2.75, 3.05) is 38.7 Å². The van der Waals surface area contributed by atoms with E-state index in [4.69, 9.17) is 0 Å². The van der Waals surface area contributed by atoms with E-state index < -0.39 is 43.2 Å². The van der Waals surface area contributed by atoms with Crippen molar-refractivity contribution in [2.45, 2.75) is 22.4 Å². The van der Waals surface area contributed by atoms with E-state index in [2.05, 4.69) is 0 Å². The van der Waals surface area contributed by atoms with E-state index in [0.29, 0.717) is 6.42 Å². The van der Waals surface area contributed by atoms with Crippen molar-refractivity contribution in [3.63, 3.8) is 0 Å². The molecule has 0 aliphatic carbocycles. The summed E-state index contributed by atoms with van der Waals surface area (Å²) in [5.74, 6) is -1.22. The summed E-state index contributed by atoms with van der Waals surface area (Å²) in [7, 11) is -7.62. The second kappa shape index (κ2) is 9.61. The Morgan fingerprint density at radius 2 is 1.23 bits per heavy atom. The monoisotopic (exact) mass is 532 g/mol. The molecule has 2 aromatic rings. The van der Waals surface area contributed by atoms with Gasteiger partial charge in [-0.2, -0.15) is 13.2 Å². The van der Waals surface area contributed by atoms with Crippen LogP contribution in [0.1, 0.15) is 32.7 Å². The topological polar surface area (TPSA) is 109 Å². The van der Waals surface area contributed by atoms with Crippen LogP contribution in [0, 0.1) is 0 Å². The van der Waals surface area contributed by atoms with E-state index in [1.807, 2.05) is 0 Å². The Balaban J connectivity index is 1.83. The zero-order valence-electron chi connectivity index (χ0n) is 18.9. The molecular weight excluding hydrogens is 509 g/mol. The maximum atomic E-state index is 13.1. The molecule has 1 aliphatic rings. The number of carbonyl (C=O) groups excluding carboxylic acids is 2. The largest absolute Gasteiger partial charge is 0.416 e. The third-order valence-corrected chi connectivity index (χ3v) is 7.67. The second-order valence-electron chi connectivity index (χ2n) is 8.25. The Labute approximate surface area is 201 Å². The zero-order valence-corrected chi connectivity index (χ0v) is 20.5. The van der Waals surface area contributed by atoms with Crippen LogP contribution in [0.25, 0.3) is 0 Å². The minimum absolute atomic E-state index is 0.0286. The molecule has 0 radical (unpaired) electrons. The number of nitrogens with zero attached hydrogens (tertiary/aromatic N) is 2. The number of benzene rings is 2. The fourth-order valence-electron chi connectivity index (χ4n) is 3.64. The van der Waals surface area contributed by atoms with E-state index in [1.165, 1.54) is 15.9 Å². The van der Waals surface area contributed by atoms with Crippen molar-refractivity contribution in [3.8, 4) is 0 Å². The molecule has 190 valence electrons. The maximum Gasteiger partial charge on any atom is 0.416 e. The molecule has 0 bridgehead atoms. The van der Waals surface area contributed by atoms with Crippen molar-refractivity contribution >= 4 is 31.5 Å². The first-order valence-electron chi connectivity index (χ1n) is 10.4. The van der Waals surface area contributed by atoms with Gasteiger partial charge in [-0.3, -0.25) is 9.59 Å². The van der Waals surface area contributed by atoms with Crippen molar-refractivity contribution in [3.05, 3.63) is 59.2 Å². The highest BCUT2D eigenvalue weighted by atomic mass is 32.2. The van der Waals surface area contributed by atoms with Gasteiger partial charge in [0.2, 0.25) is 0 Å². The number of sulfone groups is 2. The molecule has 1 heterocycles. The lowest BCUT2D eigenvalue weighted by Gasteiger charge is -2.23. The number of amides is 2. The third-order valence-electron chi connectivity index (χ3n) is 5.49. The number of halogens is 3. The summed E-state index contributed by atoms with van der Waals surface area (Å²) >= 11 is 0. The van der Waals surface area contributed by atoms with Crippen LogP contribution in [0.4, 0.5) is 13.2 Å². The molecule has 0 spiro atoms. The Bertz CT molecular complexity index is 1320. The van der Waals surface area contributed by atoms with Crippen molar-refractivity contribution in [2.24, 2.45) is 0 Å². The smallest absolute Gasteiger partial charge is 0.337 e. The number of hydrogen-bond acceptors (Lipinski definition) is 6. The maximum absolute atomic E-state index is 13.1. The summed E-state index contributed by atoms with van der Waals surface area (Å²) < 4.78 is 87.1. The van der Waals surface area contributed by atoms with Crippen molar-refractivity contribution < 1.29 is 39.6 Å². The second-order valence-corrected chi connectivity index (χ2v) is 12.3. The Kier molecular flexibility index (Phi) is 7.32. The molecule has 3 rings (SSSR count). The van der Waals surface area contributed by atoms with E-state index >= 15 is 0 Å². The molecule has 0 unspecified atom stereocenters. The normalized spacial score (nSPS) is 15.6. The fourth-order valence-corrected chi connectivity index (χ4v) is 5.08. The number of alkyl halides is 3. The predicted molar refractivity (Wildman–Crippen MR) is 121 cm³/mol. The van der Waals surface area contributed by atoms with Gasteiger partial charge in [-0.25, -0.2) is 16.8 Å². The molecule has 1 saturated heterocycles. The van der Waals surface area contributed by atoms with Gasteiger partial charge in [0.15, 0.2) is 19.7 Å². The highest BCUT2D eigenvalue weighted by Crippen LogP contribution is 2.30. The van der Waals surface area contributed by atoms with Crippen LogP contribution in [0.15, 0.2) is 52.3 Å². The van der Waals surface area contributed by atoms with Crippen LogP contribution in [-0.4, -0.2) is 77.1 Å². The predicted octanol–water partition coefficient (Wildman–Crippen LogP) is 2.50. The summed E-state index contributed by atoms with van der Waals surface area (Å²) in [5.41, 5.74) is -1.20. The summed E-state index contributed by atoms with van der Waals surface area (Å²) in [6, 6.07) is 7.27. The first-order chi connectivity index (χ1) is 16.1. The third kappa shape index (κ3) is 6.40. The van der Waals surface area contributed by atoms with Gasteiger partial charge in [-0.05, 0) is 42.8 Å². The molecule has 0 saturated carbocycles. The number of carbonyl (C=O) groups is 2. The minimum atomic E-state index is -4.59. The summed E-state index contributed by atoms with van der Waals surface area (Å²) in [6.07, 6.45) is -2.48. The van der Waals surface area contributed by atoms with E-state index in [0.717, 1.165) is 48.9 Å². The van der Waals surface area contributed by atoms with Gasteiger partial charge in [0, 0.05) is 49.8 Å². The van der Waals surface area contributed by atoms with Crippen LogP contribution < -0.4 is 0 Å². The fraction of sp³-hybridized carbons (Fsp3) is 0.364. The average molecular weight is 533 g/mol. The molecule has 0 N–H and O–H groups in total. The average Bonchev–Trinajstić information content (AvgIpc) is 3.02. The van der Waals surface area contributed by atoms with Crippen molar-refractivity contribution in [1.82, 2.24) is 9.80 Å². The Morgan fingerprint density at radius 1 is 0.743 bits per heavy atom. The molecule has 35 heavy (non-hydrogen) atoms. The molecular formula is C22H23F3N2O6S2. The van der Waals surface area contributed by atoms with Gasteiger partial charge in [-0.15, -0.1) is 0 Å². The van der Waals surface area contributed by atoms with Gasteiger partial charge >= 0.3 is 6.18 Å². The van der Waals surface area contributed by atoms with Crippen LogP contribution >= 0.6 is 0 Å². The SMILES string of the molecule is CS(=O)(=O)c1cc(C(=O)N2CCCN(C(=O)c3cccc(C(F)(F)F)c3)CC2)cc(S(C)(=O)=O)c1. The molecule has 0 atom stereocenters. The molecule has 1 fully saturated rings. The van der Waals surface area contributed by atoms with E-state index in [1.54, 1.807) is 0 Å². The zero-order chi connectivity index (χ0) is 26.2. The highest BCUT2D eigenvalue weighted by Gasteiger charge is 2.32. The Hall–Kier alpha value is -2.93. The molecule has 8 nitrogen and oxygen atoms in total. The first-order valence-corrected chi connectivity index (χ1v) is 14.2. The lowest BCUT2D eigenvalue weighted by Crippen LogP contribution is -2.37. The molecule has 2 aromatic carbocycles. The molecule has 1 aliphatic heterocycles. The molecule has 2 amide bonds. The Morgan fingerprint density at radius 3 is 1.69 bits per heavy atom. The number of hydrogen-bond donors (Lipinski definition) is 0. The minimum Gasteiger partial charge on any atom is -0.337 e. The highest BCUT2D eigenvalue weighted by molar-refractivity contribution is 7.91. The van der Waals surface area contributed by atoms with Crippen LogP contribution in [-0.2, 0) is 25.9 Å². The first kappa shape index (κ1) is 26.7. The van der Waals surface area contributed by atoms with E-state index in [-0.39, 0.29) is 47.1 Å². The molecule has 13 heteroatoms. The van der Waals surface area contributed by atoms with Crippen LogP contribution in [0.5, 0.6) is 0 Å². The van der Waals surface area contributed by atoms with Gasteiger partial charge in [0.05, 0.1) is 15.4 Å². The van der Waals surface area contributed by atoms with Crippen molar-refractivity contribution in [1.29, 1.82) is 0 Å². The lowest BCUT2D eigenvalue weighted by atomic mass is 10.1. The molecule has 0 aromatic heterocycles. The summed E-state index contributed by atoms with van der Waals surface area (Å²) in [5, 5.41) is 0. The summed E-state index contributed by atoms with van der Waals surface area (Å²) in [6.45, 7) is 0.436. The van der Waals surface area contributed by atoms with Gasteiger partial charge in [-0.1, -0.05) is 6.07 Å². The number of rotatable bonds is 4. The standard InChI is InChI=1S/C22H23F3N2O6S2/c1-34(30,31)18-12-16(13-19(14-18)35(2,32)33)21(29)27-8-4-7-26(9-10-27)20(28)15-5-3-6-17(11-15)22(23,24)25/h3,5-6,11-14H,4,7-10H2,1-2H3. The van der Waals surface area contributed by atoms with Gasteiger partial charge < -0.3 is 9.80 Å². The van der Waals surface area contributed by atoms with E-state index in [9.17, 15) is 39.6 Å². The summed E-state index contributed by atoms with van der Waals surface area (Å²) in [4.78, 5) is 28.0.